The van der Waals surface area contributed by atoms with Gasteiger partial charge in [-0.25, -0.2) is 0 Å². The molecule has 0 bridgehead atoms. The Balaban J connectivity index is 2.48. The van der Waals surface area contributed by atoms with Crippen LogP contribution < -0.4 is 4.74 Å². The van der Waals surface area contributed by atoms with E-state index in [1.165, 1.54) is 5.56 Å². The van der Waals surface area contributed by atoms with Crippen LogP contribution in [0.25, 0.3) is 0 Å². The standard InChI is InChI=1S/C12H16O2/c1-4-10-11(13)9-6-5-7(2)8(3)12(9)14-10/h5-6,10-11,13H,4H2,1-3H3. The largest absolute Gasteiger partial charge is 0.487 e. The van der Waals surface area contributed by atoms with Gasteiger partial charge in [0.1, 0.15) is 18.0 Å². The molecule has 1 aromatic carbocycles. The first kappa shape index (κ1) is 9.53. The summed E-state index contributed by atoms with van der Waals surface area (Å²) in [6.45, 7) is 6.13. The van der Waals surface area contributed by atoms with Crippen LogP contribution in [0.5, 0.6) is 5.75 Å². The number of aliphatic hydroxyl groups is 1. The zero-order chi connectivity index (χ0) is 10.3. The van der Waals surface area contributed by atoms with E-state index in [2.05, 4.69) is 6.92 Å². The van der Waals surface area contributed by atoms with Crippen molar-refractivity contribution in [3.8, 4) is 5.75 Å². The van der Waals surface area contributed by atoms with Crippen LogP contribution in [0.15, 0.2) is 12.1 Å². The Labute approximate surface area is 84.5 Å². The molecule has 1 aromatic rings. The summed E-state index contributed by atoms with van der Waals surface area (Å²) in [5.41, 5.74) is 3.31. The fourth-order valence-electron chi connectivity index (χ4n) is 1.92. The van der Waals surface area contributed by atoms with Crippen molar-refractivity contribution in [2.75, 3.05) is 0 Å². The topological polar surface area (TPSA) is 29.5 Å². The Bertz CT molecular complexity index is 358. The van der Waals surface area contributed by atoms with Gasteiger partial charge in [0.2, 0.25) is 0 Å². The summed E-state index contributed by atoms with van der Waals surface area (Å²) in [4.78, 5) is 0. The summed E-state index contributed by atoms with van der Waals surface area (Å²) >= 11 is 0. The molecule has 0 aliphatic carbocycles. The lowest BCUT2D eigenvalue weighted by atomic mass is 10.0. The molecule has 0 saturated carbocycles. The minimum atomic E-state index is -0.450. The molecule has 0 spiro atoms. The molecule has 1 aliphatic heterocycles. The highest BCUT2D eigenvalue weighted by Crippen LogP contribution is 2.40. The molecule has 1 heterocycles. The zero-order valence-corrected chi connectivity index (χ0v) is 8.87. The SMILES string of the molecule is CCC1Oc2c(ccc(C)c2C)C1O. The van der Waals surface area contributed by atoms with E-state index in [9.17, 15) is 5.11 Å². The van der Waals surface area contributed by atoms with Crippen LogP contribution in [0.3, 0.4) is 0 Å². The van der Waals surface area contributed by atoms with Crippen molar-refractivity contribution in [3.05, 3.63) is 28.8 Å². The summed E-state index contributed by atoms with van der Waals surface area (Å²) in [6, 6.07) is 4.01. The Kier molecular flexibility index (Phi) is 2.23. The van der Waals surface area contributed by atoms with E-state index in [0.717, 1.165) is 23.3 Å². The zero-order valence-electron chi connectivity index (χ0n) is 8.87. The van der Waals surface area contributed by atoms with E-state index in [0.29, 0.717) is 0 Å². The summed E-state index contributed by atoms with van der Waals surface area (Å²) in [5.74, 6) is 0.893. The number of aryl methyl sites for hydroxylation is 1. The average molecular weight is 192 g/mol. The molecule has 1 aliphatic rings. The van der Waals surface area contributed by atoms with E-state index in [1.54, 1.807) is 0 Å². The molecule has 14 heavy (non-hydrogen) atoms. The van der Waals surface area contributed by atoms with Crippen molar-refractivity contribution < 1.29 is 9.84 Å². The fourth-order valence-corrected chi connectivity index (χ4v) is 1.92. The molecule has 2 heteroatoms. The molecular formula is C12H16O2. The smallest absolute Gasteiger partial charge is 0.129 e. The third-order valence-corrected chi connectivity index (χ3v) is 3.05. The first-order valence-corrected chi connectivity index (χ1v) is 5.10. The lowest BCUT2D eigenvalue weighted by Crippen LogP contribution is -2.16. The molecule has 0 saturated heterocycles. The first-order chi connectivity index (χ1) is 6.65. The van der Waals surface area contributed by atoms with Gasteiger partial charge in [-0.15, -0.1) is 0 Å². The third kappa shape index (κ3) is 1.22. The predicted molar refractivity (Wildman–Crippen MR) is 55.6 cm³/mol. The van der Waals surface area contributed by atoms with Gasteiger partial charge in [-0.1, -0.05) is 19.1 Å². The van der Waals surface area contributed by atoms with E-state index in [4.69, 9.17) is 4.74 Å². The van der Waals surface area contributed by atoms with Gasteiger partial charge in [-0.2, -0.15) is 0 Å². The summed E-state index contributed by atoms with van der Waals surface area (Å²) < 4.78 is 5.73. The Hall–Kier alpha value is -1.02. The number of benzene rings is 1. The summed E-state index contributed by atoms with van der Waals surface area (Å²) in [5, 5.41) is 9.93. The van der Waals surface area contributed by atoms with Gasteiger partial charge in [0.05, 0.1) is 0 Å². The summed E-state index contributed by atoms with van der Waals surface area (Å²) in [6.07, 6.45) is 0.328. The van der Waals surface area contributed by atoms with E-state index < -0.39 is 6.10 Å². The second-order valence-electron chi connectivity index (χ2n) is 3.94. The Morgan fingerprint density at radius 3 is 2.71 bits per heavy atom. The second-order valence-corrected chi connectivity index (χ2v) is 3.94. The van der Waals surface area contributed by atoms with Crippen LogP contribution in [0, 0.1) is 13.8 Å². The third-order valence-electron chi connectivity index (χ3n) is 3.05. The highest BCUT2D eigenvalue weighted by molar-refractivity contribution is 5.49. The van der Waals surface area contributed by atoms with Gasteiger partial charge >= 0.3 is 0 Å². The van der Waals surface area contributed by atoms with Crippen LogP contribution in [-0.2, 0) is 0 Å². The maximum absolute atomic E-state index is 9.93. The number of fused-ring (bicyclic) bond motifs is 1. The fraction of sp³-hybridized carbons (Fsp3) is 0.500. The molecule has 2 nitrogen and oxygen atoms in total. The van der Waals surface area contributed by atoms with Gasteiger partial charge in [0.15, 0.2) is 0 Å². The molecule has 76 valence electrons. The summed E-state index contributed by atoms with van der Waals surface area (Å²) in [7, 11) is 0. The maximum Gasteiger partial charge on any atom is 0.129 e. The number of hydrogen-bond acceptors (Lipinski definition) is 2. The quantitative estimate of drug-likeness (QED) is 0.740. The molecule has 0 fully saturated rings. The molecule has 0 aromatic heterocycles. The molecule has 2 atom stereocenters. The van der Waals surface area contributed by atoms with Gasteiger partial charge in [0, 0.05) is 5.56 Å². The molecule has 1 N–H and O–H groups in total. The van der Waals surface area contributed by atoms with Gasteiger partial charge in [0.25, 0.3) is 0 Å². The van der Waals surface area contributed by atoms with Gasteiger partial charge in [-0.3, -0.25) is 0 Å². The van der Waals surface area contributed by atoms with E-state index >= 15 is 0 Å². The minimum absolute atomic E-state index is 0.0644. The van der Waals surface area contributed by atoms with Crippen LogP contribution in [0.2, 0.25) is 0 Å². The number of rotatable bonds is 1. The second kappa shape index (κ2) is 3.28. The monoisotopic (exact) mass is 192 g/mol. The Morgan fingerprint density at radius 2 is 2.07 bits per heavy atom. The van der Waals surface area contributed by atoms with Crippen molar-refractivity contribution in [2.24, 2.45) is 0 Å². The van der Waals surface area contributed by atoms with Crippen molar-refractivity contribution in [1.82, 2.24) is 0 Å². The molecule has 0 amide bonds. The predicted octanol–water partition coefficient (Wildman–Crippen LogP) is 2.51. The molecule has 2 rings (SSSR count). The normalized spacial score (nSPS) is 24.6. The maximum atomic E-state index is 9.93. The van der Waals surface area contributed by atoms with E-state index in [1.807, 2.05) is 26.0 Å². The number of hydrogen-bond donors (Lipinski definition) is 1. The van der Waals surface area contributed by atoms with Crippen molar-refractivity contribution in [2.45, 2.75) is 39.4 Å². The highest BCUT2D eigenvalue weighted by atomic mass is 16.5. The average Bonchev–Trinajstić information content (AvgIpc) is 2.50. The molecule has 0 radical (unpaired) electrons. The highest BCUT2D eigenvalue weighted by Gasteiger charge is 2.32. The lowest BCUT2D eigenvalue weighted by molar-refractivity contribution is 0.0651. The molecule has 2 unspecified atom stereocenters. The van der Waals surface area contributed by atoms with Crippen molar-refractivity contribution in [3.63, 3.8) is 0 Å². The number of ether oxygens (including phenoxy) is 1. The van der Waals surface area contributed by atoms with E-state index in [-0.39, 0.29) is 6.10 Å². The van der Waals surface area contributed by atoms with Crippen LogP contribution in [-0.4, -0.2) is 11.2 Å². The van der Waals surface area contributed by atoms with Crippen LogP contribution in [0.1, 0.15) is 36.1 Å². The number of aliphatic hydroxyl groups excluding tert-OH is 1. The molecular weight excluding hydrogens is 176 g/mol. The first-order valence-electron chi connectivity index (χ1n) is 5.10. The lowest BCUT2D eigenvalue weighted by Gasteiger charge is -2.11. The minimum Gasteiger partial charge on any atom is -0.487 e. The van der Waals surface area contributed by atoms with Gasteiger partial charge in [-0.05, 0) is 31.4 Å². The van der Waals surface area contributed by atoms with Crippen molar-refractivity contribution >= 4 is 0 Å². The van der Waals surface area contributed by atoms with Gasteiger partial charge < -0.3 is 9.84 Å². The van der Waals surface area contributed by atoms with Crippen molar-refractivity contribution in [1.29, 1.82) is 0 Å². The Morgan fingerprint density at radius 1 is 1.36 bits per heavy atom. The van der Waals surface area contributed by atoms with Crippen LogP contribution >= 0.6 is 0 Å². The van der Waals surface area contributed by atoms with Crippen LogP contribution in [0.4, 0.5) is 0 Å².